The molecule has 1 amide bonds. The number of fused-ring (bicyclic) bond motifs is 1. The van der Waals surface area contributed by atoms with Crippen LogP contribution in [0.1, 0.15) is 15.9 Å². The molecular weight excluding hydrogens is 494 g/mol. The molecule has 0 spiro atoms. The van der Waals surface area contributed by atoms with Gasteiger partial charge < -0.3 is 9.47 Å². The number of carbonyl (C=O) groups is 2. The number of methoxy groups -OCH3 is 1. The number of hydrogen-bond donors (Lipinski definition) is 1. The van der Waals surface area contributed by atoms with Crippen LogP contribution in [0.15, 0.2) is 76.2 Å². The van der Waals surface area contributed by atoms with Crippen molar-refractivity contribution in [1.29, 1.82) is 0 Å². The highest BCUT2D eigenvalue weighted by Gasteiger charge is 2.13. The summed E-state index contributed by atoms with van der Waals surface area (Å²) in [6.07, 6.45) is 1.48. The molecule has 3 aromatic carbocycles. The molecular formula is C24H18ClN3O4S2. The van der Waals surface area contributed by atoms with Crippen molar-refractivity contribution in [2.24, 2.45) is 5.10 Å². The van der Waals surface area contributed by atoms with Crippen LogP contribution in [0.5, 0.6) is 11.5 Å². The van der Waals surface area contributed by atoms with E-state index in [1.54, 1.807) is 53.8 Å². The van der Waals surface area contributed by atoms with E-state index in [4.69, 9.17) is 21.1 Å². The van der Waals surface area contributed by atoms with Gasteiger partial charge in [0.1, 0.15) is 0 Å². The number of aromatic nitrogens is 1. The van der Waals surface area contributed by atoms with Gasteiger partial charge in [-0.15, -0.1) is 11.3 Å². The summed E-state index contributed by atoms with van der Waals surface area (Å²) < 4.78 is 12.7. The van der Waals surface area contributed by atoms with E-state index in [2.05, 4.69) is 15.5 Å². The van der Waals surface area contributed by atoms with Crippen LogP contribution in [0.2, 0.25) is 5.02 Å². The molecule has 0 bridgehead atoms. The third-order valence-electron chi connectivity index (χ3n) is 4.47. The summed E-state index contributed by atoms with van der Waals surface area (Å²) in [5.74, 6) is 0.0233. The zero-order chi connectivity index (χ0) is 23.9. The molecule has 4 aromatic rings. The summed E-state index contributed by atoms with van der Waals surface area (Å²) >= 11 is 8.75. The summed E-state index contributed by atoms with van der Waals surface area (Å²) in [5, 5.41) is 4.52. The SMILES string of the molecule is COc1cc(/C=N/NC(=O)CSc2nc3ccccc3s2)ccc1OC(=O)c1ccc(Cl)cc1. The van der Waals surface area contributed by atoms with E-state index in [0.717, 1.165) is 14.6 Å². The minimum Gasteiger partial charge on any atom is -0.493 e. The lowest BCUT2D eigenvalue weighted by molar-refractivity contribution is -0.118. The molecule has 1 N–H and O–H groups in total. The average molecular weight is 512 g/mol. The number of amides is 1. The quantitative estimate of drug-likeness (QED) is 0.112. The molecule has 0 aliphatic heterocycles. The number of ether oxygens (including phenoxy) is 2. The number of hydrazone groups is 1. The summed E-state index contributed by atoms with van der Waals surface area (Å²) in [5.41, 5.74) is 4.44. The van der Waals surface area contributed by atoms with Gasteiger partial charge in [0, 0.05) is 5.02 Å². The third-order valence-corrected chi connectivity index (χ3v) is 6.91. The Hall–Kier alpha value is -3.40. The van der Waals surface area contributed by atoms with E-state index in [1.165, 1.54) is 25.1 Å². The highest BCUT2D eigenvalue weighted by Crippen LogP contribution is 2.30. The maximum absolute atomic E-state index is 12.3. The first-order valence-electron chi connectivity index (χ1n) is 9.98. The van der Waals surface area contributed by atoms with Crippen LogP contribution in [0.25, 0.3) is 10.2 Å². The zero-order valence-corrected chi connectivity index (χ0v) is 20.2. The Morgan fingerprint density at radius 3 is 2.68 bits per heavy atom. The van der Waals surface area contributed by atoms with Crippen LogP contribution in [-0.2, 0) is 4.79 Å². The molecule has 0 atom stereocenters. The van der Waals surface area contributed by atoms with Crippen LogP contribution in [-0.4, -0.2) is 35.9 Å². The van der Waals surface area contributed by atoms with Crippen molar-refractivity contribution in [1.82, 2.24) is 10.4 Å². The van der Waals surface area contributed by atoms with Crippen LogP contribution >= 0.6 is 34.7 Å². The second-order valence-electron chi connectivity index (χ2n) is 6.84. The number of esters is 1. The van der Waals surface area contributed by atoms with Crippen molar-refractivity contribution in [3.05, 3.63) is 82.9 Å². The minimum absolute atomic E-state index is 0.195. The average Bonchev–Trinajstić information content (AvgIpc) is 3.27. The normalized spacial score (nSPS) is 11.0. The van der Waals surface area contributed by atoms with E-state index < -0.39 is 5.97 Å². The number of nitrogens with zero attached hydrogens (tertiary/aromatic N) is 2. The summed E-state index contributed by atoms with van der Waals surface area (Å²) in [7, 11) is 1.47. The van der Waals surface area contributed by atoms with Crippen molar-refractivity contribution >= 4 is 63.0 Å². The standard InChI is InChI=1S/C24H18ClN3O4S2/c1-31-20-12-15(6-11-19(20)32-23(30)16-7-9-17(25)10-8-16)13-26-28-22(29)14-33-24-27-18-4-2-3-5-21(18)34-24/h2-13H,14H2,1H3,(H,28,29)/b26-13+. The van der Waals surface area contributed by atoms with Gasteiger partial charge in [0.15, 0.2) is 15.8 Å². The maximum atomic E-state index is 12.3. The first-order chi connectivity index (χ1) is 16.5. The molecule has 0 radical (unpaired) electrons. The van der Waals surface area contributed by atoms with Crippen molar-refractivity contribution in [2.45, 2.75) is 4.34 Å². The molecule has 0 saturated heterocycles. The highest BCUT2D eigenvalue weighted by molar-refractivity contribution is 8.01. The fourth-order valence-corrected chi connectivity index (χ4v) is 4.83. The third kappa shape index (κ3) is 6.13. The molecule has 172 valence electrons. The van der Waals surface area contributed by atoms with Crippen LogP contribution in [0, 0.1) is 0 Å². The van der Waals surface area contributed by atoms with E-state index >= 15 is 0 Å². The predicted octanol–water partition coefficient (Wildman–Crippen LogP) is 5.42. The minimum atomic E-state index is -0.533. The first kappa shape index (κ1) is 23.7. The molecule has 10 heteroatoms. The summed E-state index contributed by atoms with van der Waals surface area (Å²) in [4.78, 5) is 28.9. The number of para-hydroxylation sites is 1. The topological polar surface area (TPSA) is 89.9 Å². The molecule has 0 fully saturated rings. The number of hydrogen-bond acceptors (Lipinski definition) is 8. The van der Waals surface area contributed by atoms with Crippen molar-refractivity contribution < 1.29 is 19.1 Å². The predicted molar refractivity (Wildman–Crippen MR) is 135 cm³/mol. The van der Waals surface area contributed by atoms with Gasteiger partial charge in [-0.05, 0) is 60.2 Å². The van der Waals surface area contributed by atoms with Gasteiger partial charge >= 0.3 is 5.97 Å². The van der Waals surface area contributed by atoms with E-state index in [1.807, 2.05) is 24.3 Å². The van der Waals surface area contributed by atoms with Gasteiger partial charge in [-0.25, -0.2) is 15.2 Å². The van der Waals surface area contributed by atoms with E-state index in [0.29, 0.717) is 21.9 Å². The Kier molecular flexibility index (Phi) is 7.79. The van der Waals surface area contributed by atoms with Crippen molar-refractivity contribution in [3.8, 4) is 11.5 Å². The molecule has 0 aliphatic rings. The lowest BCUT2D eigenvalue weighted by Gasteiger charge is -2.10. The van der Waals surface area contributed by atoms with Crippen molar-refractivity contribution in [2.75, 3.05) is 12.9 Å². The number of thiazole rings is 1. The van der Waals surface area contributed by atoms with Gasteiger partial charge in [0.2, 0.25) is 0 Å². The number of thioether (sulfide) groups is 1. The molecule has 1 heterocycles. The number of benzene rings is 3. The molecule has 0 saturated carbocycles. The molecule has 1 aromatic heterocycles. The Bertz CT molecular complexity index is 1320. The van der Waals surface area contributed by atoms with Crippen LogP contribution in [0.3, 0.4) is 0 Å². The van der Waals surface area contributed by atoms with E-state index in [-0.39, 0.29) is 17.4 Å². The fraction of sp³-hybridized carbons (Fsp3) is 0.0833. The molecule has 0 aliphatic carbocycles. The Labute approximate surface area is 208 Å². The fourth-order valence-electron chi connectivity index (χ4n) is 2.84. The van der Waals surface area contributed by atoms with E-state index in [9.17, 15) is 9.59 Å². The summed E-state index contributed by atoms with van der Waals surface area (Å²) in [6, 6.07) is 19.2. The number of rotatable bonds is 8. The van der Waals surface area contributed by atoms with Gasteiger partial charge in [-0.2, -0.15) is 5.10 Å². The number of carbonyl (C=O) groups excluding carboxylic acids is 2. The van der Waals surface area contributed by atoms with Gasteiger partial charge in [0.25, 0.3) is 5.91 Å². The van der Waals surface area contributed by atoms with Crippen LogP contribution < -0.4 is 14.9 Å². The largest absolute Gasteiger partial charge is 0.493 e. The zero-order valence-electron chi connectivity index (χ0n) is 17.9. The molecule has 34 heavy (non-hydrogen) atoms. The molecule has 4 rings (SSSR count). The van der Waals surface area contributed by atoms with Gasteiger partial charge in [0.05, 0.1) is 34.9 Å². The van der Waals surface area contributed by atoms with Gasteiger partial charge in [-0.3, -0.25) is 4.79 Å². The monoisotopic (exact) mass is 511 g/mol. The number of nitrogens with one attached hydrogen (secondary N) is 1. The number of halogens is 1. The maximum Gasteiger partial charge on any atom is 0.343 e. The van der Waals surface area contributed by atoms with Gasteiger partial charge in [-0.1, -0.05) is 35.5 Å². The lowest BCUT2D eigenvalue weighted by atomic mass is 10.2. The second kappa shape index (κ2) is 11.1. The second-order valence-corrected chi connectivity index (χ2v) is 9.53. The smallest absolute Gasteiger partial charge is 0.343 e. The Morgan fingerprint density at radius 1 is 1.12 bits per heavy atom. The molecule has 0 unspecified atom stereocenters. The van der Waals surface area contributed by atoms with Crippen LogP contribution in [0.4, 0.5) is 0 Å². The Morgan fingerprint density at radius 2 is 1.91 bits per heavy atom. The molecule has 7 nitrogen and oxygen atoms in total. The Balaban J connectivity index is 1.32. The lowest BCUT2D eigenvalue weighted by Crippen LogP contribution is -2.19. The summed E-state index contributed by atoms with van der Waals surface area (Å²) in [6.45, 7) is 0. The first-order valence-corrected chi connectivity index (χ1v) is 12.2. The van der Waals surface area contributed by atoms with Crippen molar-refractivity contribution in [3.63, 3.8) is 0 Å². The highest BCUT2D eigenvalue weighted by atomic mass is 35.5.